The molecule has 2 heteroatoms. The second-order valence-electron chi connectivity index (χ2n) is 3.94. The first kappa shape index (κ1) is 17.0. The van der Waals surface area contributed by atoms with Crippen molar-refractivity contribution >= 4 is 11.4 Å². The number of anilines is 2. The molecule has 0 aliphatic heterocycles. The van der Waals surface area contributed by atoms with Gasteiger partial charge in [0.1, 0.15) is 0 Å². The van der Waals surface area contributed by atoms with Crippen LogP contribution in [0.5, 0.6) is 0 Å². The molecule has 2 rings (SSSR count). The monoisotopic (exact) mass is 258 g/mol. The van der Waals surface area contributed by atoms with E-state index < -0.39 is 0 Å². The maximum atomic E-state index is 3.39. The van der Waals surface area contributed by atoms with Gasteiger partial charge in [-0.2, -0.15) is 0 Å². The highest BCUT2D eigenvalue weighted by Crippen LogP contribution is 2.06. The Labute approximate surface area is 117 Å². The molecule has 104 valence electrons. The molecular weight excluding hydrogens is 232 g/mol. The largest absolute Gasteiger partial charge is 0.385 e. The molecule has 0 spiro atoms. The van der Waals surface area contributed by atoms with Crippen molar-refractivity contribution in [2.75, 3.05) is 23.7 Å². The van der Waals surface area contributed by atoms with Crippen molar-refractivity contribution in [1.82, 2.24) is 0 Å². The van der Waals surface area contributed by atoms with Gasteiger partial charge in [-0.1, -0.05) is 51.3 Å². The molecule has 0 fully saturated rings. The molecule has 0 radical (unpaired) electrons. The van der Waals surface area contributed by atoms with E-state index in [9.17, 15) is 0 Å². The highest BCUT2D eigenvalue weighted by Gasteiger charge is 1.91. The Hall–Kier alpha value is -1.96. The van der Waals surface area contributed by atoms with Gasteiger partial charge in [0.2, 0.25) is 0 Å². The first-order valence-corrected chi connectivity index (χ1v) is 6.03. The lowest BCUT2D eigenvalue weighted by atomic mass is 10.3. The summed E-state index contributed by atoms with van der Waals surface area (Å²) in [4.78, 5) is 0. The molecule has 2 nitrogen and oxygen atoms in total. The van der Waals surface area contributed by atoms with E-state index in [0.717, 1.165) is 19.5 Å². The number of benzene rings is 2. The van der Waals surface area contributed by atoms with Gasteiger partial charge in [0.25, 0.3) is 0 Å². The van der Waals surface area contributed by atoms with Gasteiger partial charge in [-0.3, -0.25) is 0 Å². The van der Waals surface area contributed by atoms with Gasteiger partial charge in [0.15, 0.2) is 0 Å². The standard InChI is InChI=1S/C15H18N2.2CH4/c1-3-8-14(9-4-1)16-12-7-13-17-15-10-5-2-6-11-15;;/h1-6,8-11,16-17H,7,12-13H2;2*1H4. The van der Waals surface area contributed by atoms with E-state index in [1.54, 1.807) is 0 Å². The SMILES string of the molecule is C.C.c1ccc(NCCCNc2ccccc2)cc1. The predicted molar refractivity (Wildman–Crippen MR) is 87.9 cm³/mol. The minimum absolute atomic E-state index is 0. The van der Waals surface area contributed by atoms with Crippen LogP contribution in [0.1, 0.15) is 21.3 Å². The van der Waals surface area contributed by atoms with Crippen LogP contribution in [0.25, 0.3) is 0 Å². The third kappa shape index (κ3) is 6.51. The van der Waals surface area contributed by atoms with E-state index in [-0.39, 0.29) is 14.9 Å². The number of hydrogen-bond acceptors (Lipinski definition) is 2. The molecule has 2 N–H and O–H groups in total. The second-order valence-corrected chi connectivity index (χ2v) is 3.94. The molecule has 0 saturated carbocycles. The quantitative estimate of drug-likeness (QED) is 0.722. The van der Waals surface area contributed by atoms with Crippen molar-refractivity contribution in [3.63, 3.8) is 0 Å². The fraction of sp³-hybridized carbons (Fsp3) is 0.294. The smallest absolute Gasteiger partial charge is 0.0340 e. The number of nitrogens with one attached hydrogen (secondary N) is 2. The maximum Gasteiger partial charge on any atom is 0.0340 e. The van der Waals surface area contributed by atoms with Crippen LogP contribution in [-0.2, 0) is 0 Å². The Morgan fingerprint density at radius 2 is 0.947 bits per heavy atom. The van der Waals surface area contributed by atoms with E-state index in [1.807, 2.05) is 36.4 Å². The summed E-state index contributed by atoms with van der Waals surface area (Å²) in [6.07, 6.45) is 1.10. The molecule has 0 saturated heterocycles. The van der Waals surface area contributed by atoms with Crippen molar-refractivity contribution in [2.45, 2.75) is 21.3 Å². The average Bonchev–Trinajstić information content (AvgIpc) is 2.41. The minimum atomic E-state index is 0. The zero-order valence-corrected chi connectivity index (χ0v) is 9.89. The molecule has 0 heterocycles. The molecule has 0 amide bonds. The van der Waals surface area contributed by atoms with E-state index in [1.165, 1.54) is 11.4 Å². The van der Waals surface area contributed by atoms with Crippen LogP contribution in [0.3, 0.4) is 0 Å². The van der Waals surface area contributed by atoms with Crippen LogP contribution in [0.4, 0.5) is 11.4 Å². The first-order chi connectivity index (χ1) is 8.45. The maximum absolute atomic E-state index is 3.39. The van der Waals surface area contributed by atoms with Gasteiger partial charge >= 0.3 is 0 Å². The molecule has 0 atom stereocenters. The summed E-state index contributed by atoms with van der Waals surface area (Å²) in [7, 11) is 0. The number of para-hydroxylation sites is 2. The fourth-order valence-corrected chi connectivity index (χ4v) is 1.67. The Bertz CT molecular complexity index is 370. The number of hydrogen-bond donors (Lipinski definition) is 2. The van der Waals surface area contributed by atoms with Crippen LogP contribution in [0.15, 0.2) is 60.7 Å². The Kier molecular flexibility index (Phi) is 8.98. The normalized spacial score (nSPS) is 8.84. The predicted octanol–water partition coefficient (Wildman–Crippen LogP) is 4.87. The van der Waals surface area contributed by atoms with Crippen molar-refractivity contribution in [2.24, 2.45) is 0 Å². The van der Waals surface area contributed by atoms with E-state index in [2.05, 4.69) is 34.9 Å². The number of rotatable bonds is 6. The van der Waals surface area contributed by atoms with Gasteiger partial charge in [-0.05, 0) is 30.7 Å². The highest BCUT2D eigenvalue weighted by molar-refractivity contribution is 5.43. The van der Waals surface area contributed by atoms with Gasteiger partial charge < -0.3 is 10.6 Å². The lowest BCUT2D eigenvalue weighted by molar-refractivity contribution is 0.909. The summed E-state index contributed by atoms with van der Waals surface area (Å²) in [5, 5.41) is 6.78. The Balaban J connectivity index is 0.00000162. The van der Waals surface area contributed by atoms with Crippen molar-refractivity contribution in [1.29, 1.82) is 0 Å². The minimum Gasteiger partial charge on any atom is -0.385 e. The van der Waals surface area contributed by atoms with Crippen LogP contribution in [0.2, 0.25) is 0 Å². The summed E-state index contributed by atoms with van der Waals surface area (Å²) in [5.41, 5.74) is 2.37. The summed E-state index contributed by atoms with van der Waals surface area (Å²) >= 11 is 0. The summed E-state index contributed by atoms with van der Waals surface area (Å²) in [6, 6.07) is 20.6. The van der Waals surface area contributed by atoms with E-state index in [4.69, 9.17) is 0 Å². The lowest BCUT2D eigenvalue weighted by Gasteiger charge is -2.08. The molecule has 0 aromatic heterocycles. The van der Waals surface area contributed by atoms with Crippen molar-refractivity contribution in [3.8, 4) is 0 Å². The van der Waals surface area contributed by atoms with Gasteiger partial charge in [-0.25, -0.2) is 0 Å². The molecule has 0 aliphatic rings. The zero-order valence-electron chi connectivity index (χ0n) is 9.89. The molecule has 0 unspecified atom stereocenters. The fourth-order valence-electron chi connectivity index (χ4n) is 1.67. The van der Waals surface area contributed by atoms with Crippen LogP contribution < -0.4 is 10.6 Å². The molecule has 0 bridgehead atoms. The van der Waals surface area contributed by atoms with E-state index >= 15 is 0 Å². The molecule has 0 aliphatic carbocycles. The molecular formula is C17H26N2. The topological polar surface area (TPSA) is 24.1 Å². The van der Waals surface area contributed by atoms with Gasteiger partial charge in [0, 0.05) is 24.5 Å². The summed E-state index contributed by atoms with van der Waals surface area (Å²) in [6.45, 7) is 1.98. The summed E-state index contributed by atoms with van der Waals surface area (Å²) in [5.74, 6) is 0. The molecule has 2 aromatic carbocycles. The molecule has 2 aromatic rings. The zero-order chi connectivity index (χ0) is 11.8. The summed E-state index contributed by atoms with van der Waals surface area (Å²) < 4.78 is 0. The first-order valence-electron chi connectivity index (χ1n) is 6.03. The Morgan fingerprint density at radius 3 is 1.32 bits per heavy atom. The van der Waals surface area contributed by atoms with E-state index in [0.29, 0.717) is 0 Å². The third-order valence-corrected chi connectivity index (χ3v) is 2.56. The lowest BCUT2D eigenvalue weighted by Crippen LogP contribution is -2.08. The third-order valence-electron chi connectivity index (χ3n) is 2.56. The second kappa shape index (κ2) is 10.0. The van der Waals surface area contributed by atoms with Crippen molar-refractivity contribution in [3.05, 3.63) is 60.7 Å². The van der Waals surface area contributed by atoms with Gasteiger partial charge in [0.05, 0.1) is 0 Å². The average molecular weight is 258 g/mol. The van der Waals surface area contributed by atoms with Crippen molar-refractivity contribution < 1.29 is 0 Å². The van der Waals surface area contributed by atoms with Crippen LogP contribution in [-0.4, -0.2) is 13.1 Å². The van der Waals surface area contributed by atoms with Crippen LogP contribution >= 0.6 is 0 Å². The van der Waals surface area contributed by atoms with Gasteiger partial charge in [-0.15, -0.1) is 0 Å². The Morgan fingerprint density at radius 1 is 0.579 bits per heavy atom. The highest BCUT2D eigenvalue weighted by atomic mass is 14.9. The van der Waals surface area contributed by atoms with Crippen LogP contribution in [0, 0.1) is 0 Å². The molecule has 19 heavy (non-hydrogen) atoms.